The normalized spacial score (nSPS) is 43.6. The Hall–Kier alpha value is -0.790. The zero-order chi connectivity index (χ0) is 20.1. The number of hydrogen-bond acceptors (Lipinski definition) is 1. The molecular formula is C26H43NO. The number of rotatable bonds is 5. The molecule has 2 heteroatoms. The van der Waals surface area contributed by atoms with Gasteiger partial charge in [-0.3, -0.25) is 4.79 Å². The van der Waals surface area contributed by atoms with Crippen molar-refractivity contribution in [3.05, 3.63) is 12.3 Å². The van der Waals surface area contributed by atoms with Crippen LogP contribution in [0.5, 0.6) is 0 Å². The van der Waals surface area contributed by atoms with Crippen LogP contribution in [-0.2, 0) is 4.79 Å². The Kier molecular flexibility index (Phi) is 5.47. The molecule has 0 aromatic carbocycles. The number of nitrogens with zero attached hydrogens (tertiary/aromatic N) is 1. The van der Waals surface area contributed by atoms with E-state index in [4.69, 9.17) is 0 Å². The van der Waals surface area contributed by atoms with Crippen molar-refractivity contribution in [1.82, 2.24) is 4.90 Å². The smallest absolute Gasteiger partial charge is 0.227 e. The molecule has 158 valence electrons. The molecule has 3 fully saturated rings. The maximum absolute atomic E-state index is 12.5. The molecule has 0 N–H and O–H groups in total. The largest absolute Gasteiger partial charge is 0.313 e. The van der Waals surface area contributed by atoms with Crippen LogP contribution in [-0.4, -0.2) is 16.3 Å². The summed E-state index contributed by atoms with van der Waals surface area (Å²) in [5.41, 5.74) is 0.609. The summed E-state index contributed by atoms with van der Waals surface area (Å²) in [6.45, 7) is 12.3. The van der Waals surface area contributed by atoms with E-state index >= 15 is 0 Å². The lowest BCUT2D eigenvalue weighted by Crippen LogP contribution is -2.53. The van der Waals surface area contributed by atoms with E-state index in [1.807, 2.05) is 0 Å². The second kappa shape index (κ2) is 7.47. The Bertz CT molecular complexity index is 624. The maximum Gasteiger partial charge on any atom is 0.227 e. The van der Waals surface area contributed by atoms with Gasteiger partial charge in [-0.15, -0.1) is 0 Å². The van der Waals surface area contributed by atoms with Gasteiger partial charge in [-0.2, -0.15) is 0 Å². The molecule has 28 heavy (non-hydrogen) atoms. The summed E-state index contributed by atoms with van der Waals surface area (Å²) in [5, 5.41) is 0. The predicted molar refractivity (Wildman–Crippen MR) is 117 cm³/mol. The van der Waals surface area contributed by atoms with Gasteiger partial charge in [-0.1, -0.05) is 53.0 Å². The summed E-state index contributed by atoms with van der Waals surface area (Å²) in [6.07, 6.45) is 17.3. The first kappa shape index (κ1) is 20.5. The molecule has 0 aromatic rings. The van der Waals surface area contributed by atoms with Crippen LogP contribution in [0.1, 0.15) is 98.8 Å². The number of hydrogen-bond donors (Lipinski definition) is 0. The van der Waals surface area contributed by atoms with Gasteiger partial charge in [0.15, 0.2) is 0 Å². The monoisotopic (exact) mass is 385 g/mol. The fourth-order valence-electron chi connectivity index (χ4n) is 8.24. The molecule has 2 heterocycles. The van der Waals surface area contributed by atoms with E-state index in [-0.39, 0.29) is 5.54 Å². The lowest BCUT2D eigenvalue weighted by Gasteiger charge is -2.54. The van der Waals surface area contributed by atoms with Gasteiger partial charge in [0, 0.05) is 18.2 Å². The van der Waals surface area contributed by atoms with Crippen molar-refractivity contribution in [2.45, 2.75) is 104 Å². The quantitative estimate of drug-likeness (QED) is 0.509. The standard InChI is InChI=1S/C26H43NO/c1-18(2)8-6-9-19(3)21-11-12-22-20-10-7-17-27-24(28)14-16-26(27,5)23(20)13-15-25(21,22)4/h7,17-23H,6,8-16H2,1-5H3/t19-,20+,21-,22+,23+,25-,26-/m1/s1. The molecule has 4 rings (SSSR count). The Morgan fingerprint density at radius 2 is 1.86 bits per heavy atom. The Morgan fingerprint density at radius 1 is 1.07 bits per heavy atom. The lowest BCUT2D eigenvalue weighted by molar-refractivity contribution is -0.130. The second-order valence-electron chi connectivity index (χ2n) is 11.6. The molecule has 2 saturated carbocycles. The van der Waals surface area contributed by atoms with E-state index in [1.165, 1.54) is 51.4 Å². The highest BCUT2D eigenvalue weighted by Gasteiger charge is 2.59. The first-order chi connectivity index (χ1) is 13.3. The molecule has 0 spiro atoms. The van der Waals surface area contributed by atoms with Crippen molar-refractivity contribution in [3.8, 4) is 0 Å². The van der Waals surface area contributed by atoms with Crippen LogP contribution in [0.4, 0.5) is 0 Å². The summed E-state index contributed by atoms with van der Waals surface area (Å²) in [4.78, 5) is 14.6. The minimum atomic E-state index is 0.0804. The second-order valence-corrected chi connectivity index (χ2v) is 11.6. The van der Waals surface area contributed by atoms with E-state index in [0.29, 0.717) is 17.2 Å². The van der Waals surface area contributed by atoms with Gasteiger partial charge in [0.05, 0.1) is 0 Å². The van der Waals surface area contributed by atoms with Crippen LogP contribution in [0.3, 0.4) is 0 Å². The van der Waals surface area contributed by atoms with Crippen LogP contribution in [0.2, 0.25) is 0 Å². The van der Waals surface area contributed by atoms with Crippen LogP contribution < -0.4 is 0 Å². The lowest BCUT2D eigenvalue weighted by atomic mass is 9.53. The van der Waals surface area contributed by atoms with Crippen LogP contribution in [0, 0.1) is 40.9 Å². The highest BCUT2D eigenvalue weighted by Crippen LogP contribution is 2.64. The minimum Gasteiger partial charge on any atom is -0.313 e. The van der Waals surface area contributed by atoms with Crippen LogP contribution in [0.15, 0.2) is 12.3 Å². The Balaban J connectivity index is 1.51. The minimum absolute atomic E-state index is 0.0804. The van der Waals surface area contributed by atoms with Crippen molar-refractivity contribution in [1.29, 1.82) is 0 Å². The topological polar surface area (TPSA) is 20.3 Å². The third-order valence-corrected chi connectivity index (χ3v) is 9.76. The van der Waals surface area contributed by atoms with E-state index in [2.05, 4.69) is 51.8 Å². The molecule has 0 radical (unpaired) electrons. The van der Waals surface area contributed by atoms with Crippen molar-refractivity contribution >= 4 is 5.91 Å². The molecule has 4 aliphatic rings. The molecule has 0 bridgehead atoms. The molecule has 7 atom stereocenters. The van der Waals surface area contributed by atoms with Gasteiger partial charge in [0.2, 0.25) is 5.91 Å². The zero-order valence-corrected chi connectivity index (χ0v) is 19.0. The molecule has 2 aliphatic heterocycles. The van der Waals surface area contributed by atoms with Crippen molar-refractivity contribution < 1.29 is 4.79 Å². The van der Waals surface area contributed by atoms with Gasteiger partial charge >= 0.3 is 0 Å². The van der Waals surface area contributed by atoms with Gasteiger partial charge in [0.1, 0.15) is 0 Å². The summed E-state index contributed by atoms with van der Waals surface area (Å²) in [5.74, 6) is 5.31. The number of fused-ring (bicyclic) bond motifs is 5. The fourth-order valence-corrected chi connectivity index (χ4v) is 8.24. The molecular weight excluding hydrogens is 342 g/mol. The van der Waals surface area contributed by atoms with E-state index < -0.39 is 0 Å². The number of allylic oxidation sites excluding steroid dienone is 1. The van der Waals surface area contributed by atoms with Crippen molar-refractivity contribution in [2.24, 2.45) is 40.9 Å². The molecule has 2 aliphatic carbocycles. The molecule has 1 amide bonds. The van der Waals surface area contributed by atoms with Crippen molar-refractivity contribution in [3.63, 3.8) is 0 Å². The average molecular weight is 386 g/mol. The molecule has 0 unspecified atom stereocenters. The van der Waals surface area contributed by atoms with E-state index in [0.717, 1.165) is 42.4 Å². The van der Waals surface area contributed by atoms with Crippen molar-refractivity contribution in [2.75, 3.05) is 0 Å². The van der Waals surface area contributed by atoms with Crippen LogP contribution in [0.25, 0.3) is 0 Å². The summed E-state index contributed by atoms with van der Waals surface area (Å²) in [6, 6.07) is 0. The number of carbonyl (C=O) groups excluding carboxylic acids is 1. The van der Waals surface area contributed by atoms with Gasteiger partial charge < -0.3 is 4.90 Å². The summed E-state index contributed by atoms with van der Waals surface area (Å²) in [7, 11) is 0. The number of carbonyl (C=O) groups is 1. The third-order valence-electron chi connectivity index (χ3n) is 9.76. The third kappa shape index (κ3) is 3.18. The van der Waals surface area contributed by atoms with E-state index in [1.54, 1.807) is 0 Å². The fraction of sp³-hybridized carbons (Fsp3) is 0.885. The number of amides is 1. The van der Waals surface area contributed by atoms with E-state index in [9.17, 15) is 4.79 Å². The average Bonchev–Trinajstić information content (AvgIpc) is 3.08. The van der Waals surface area contributed by atoms with Gasteiger partial charge in [-0.25, -0.2) is 0 Å². The highest BCUT2D eigenvalue weighted by atomic mass is 16.2. The highest BCUT2D eigenvalue weighted by molar-refractivity contribution is 5.81. The Labute approximate surface area is 173 Å². The molecule has 2 nitrogen and oxygen atoms in total. The van der Waals surface area contributed by atoms with Gasteiger partial charge in [0.25, 0.3) is 0 Å². The predicted octanol–water partition coefficient (Wildman–Crippen LogP) is 6.81. The SMILES string of the molecule is CC(C)CCC[C@@H](C)[C@H]1CC[C@H]2[C@@H]3CC=CN4C(=O)CC[C@]4(C)[C@H]3CC[C@]12C. The zero-order valence-electron chi connectivity index (χ0n) is 19.0. The summed E-state index contributed by atoms with van der Waals surface area (Å²) < 4.78 is 0. The maximum atomic E-state index is 12.5. The molecule has 0 aromatic heterocycles. The first-order valence-corrected chi connectivity index (χ1v) is 12.3. The summed E-state index contributed by atoms with van der Waals surface area (Å²) >= 11 is 0. The van der Waals surface area contributed by atoms with Crippen LogP contribution >= 0.6 is 0 Å². The molecule has 1 saturated heterocycles. The Morgan fingerprint density at radius 3 is 2.61 bits per heavy atom. The first-order valence-electron chi connectivity index (χ1n) is 12.3. The van der Waals surface area contributed by atoms with Gasteiger partial charge in [-0.05, 0) is 86.4 Å².